The molecule has 0 aromatic heterocycles. The lowest BCUT2D eigenvalue weighted by atomic mass is 10.0. The molecule has 12 nitrogen and oxygen atoms in total. The predicted octanol–water partition coefficient (Wildman–Crippen LogP) is 1.06. The molecule has 4 atom stereocenters. The minimum absolute atomic E-state index is 0.0117. The fourth-order valence-corrected chi connectivity index (χ4v) is 4.68. The zero-order valence-electron chi connectivity index (χ0n) is 25.8. The quantitative estimate of drug-likeness (QED) is 0.122. The fraction of sp³-hybridized carbons (Fsp3) is 0.324. The van der Waals surface area contributed by atoms with Crippen LogP contribution in [0.25, 0.3) is 0 Å². The Bertz CT molecular complexity index is 1470. The van der Waals surface area contributed by atoms with Crippen LogP contribution in [0.4, 0.5) is 0 Å². The van der Waals surface area contributed by atoms with E-state index < -0.39 is 66.2 Å². The summed E-state index contributed by atoms with van der Waals surface area (Å²) in [5, 5.41) is 29.4. The van der Waals surface area contributed by atoms with Crippen LogP contribution in [0.1, 0.15) is 30.5 Å². The van der Waals surface area contributed by atoms with Crippen LogP contribution in [0.2, 0.25) is 0 Å². The van der Waals surface area contributed by atoms with Crippen molar-refractivity contribution in [2.24, 2.45) is 11.7 Å². The largest absolute Gasteiger partial charge is 0.508 e. The normalized spacial score (nSPS) is 13.5. The first-order chi connectivity index (χ1) is 21.9. The molecule has 0 aliphatic heterocycles. The average Bonchev–Trinajstić information content (AvgIpc) is 3.03. The number of benzene rings is 3. The van der Waals surface area contributed by atoms with Gasteiger partial charge in [0.15, 0.2) is 0 Å². The van der Waals surface area contributed by atoms with E-state index in [1.807, 2.05) is 36.4 Å². The first kappa shape index (κ1) is 35.3. The number of hydrogen-bond acceptors (Lipinski definition) is 7. The van der Waals surface area contributed by atoms with Crippen LogP contribution in [0.15, 0.2) is 84.9 Å². The van der Waals surface area contributed by atoms with Crippen molar-refractivity contribution in [2.75, 3.05) is 6.54 Å². The highest BCUT2D eigenvalue weighted by atomic mass is 16.4. The molecule has 0 spiro atoms. The van der Waals surface area contributed by atoms with Gasteiger partial charge in [-0.1, -0.05) is 86.6 Å². The molecule has 3 aromatic carbocycles. The number of phenolic OH excluding ortho intramolecular Hbond substituents is 1. The van der Waals surface area contributed by atoms with Gasteiger partial charge in [-0.15, -0.1) is 0 Å². The number of carbonyl (C=O) groups excluding carboxylic acids is 4. The summed E-state index contributed by atoms with van der Waals surface area (Å²) >= 11 is 0. The van der Waals surface area contributed by atoms with Crippen LogP contribution >= 0.6 is 0 Å². The second-order valence-electron chi connectivity index (χ2n) is 11.3. The number of carboxylic acid groups (broad SMARTS) is 1. The van der Waals surface area contributed by atoms with Gasteiger partial charge in [-0.2, -0.15) is 0 Å². The molecule has 0 aliphatic rings. The van der Waals surface area contributed by atoms with Crippen molar-refractivity contribution >= 4 is 29.6 Å². The fourth-order valence-electron chi connectivity index (χ4n) is 4.68. The molecule has 8 N–H and O–H groups in total. The average molecular weight is 632 g/mol. The Labute approximate surface area is 267 Å². The van der Waals surface area contributed by atoms with Crippen LogP contribution in [-0.4, -0.2) is 70.5 Å². The van der Waals surface area contributed by atoms with Gasteiger partial charge in [0, 0.05) is 12.8 Å². The van der Waals surface area contributed by atoms with E-state index in [-0.39, 0.29) is 25.0 Å². The number of rotatable bonds is 16. The topological polar surface area (TPSA) is 200 Å². The van der Waals surface area contributed by atoms with Crippen molar-refractivity contribution in [3.05, 3.63) is 102 Å². The highest BCUT2D eigenvalue weighted by Crippen LogP contribution is 2.12. The molecule has 3 aromatic rings. The van der Waals surface area contributed by atoms with E-state index in [2.05, 4.69) is 21.3 Å². The molecule has 46 heavy (non-hydrogen) atoms. The number of aliphatic carboxylic acids is 1. The van der Waals surface area contributed by atoms with Crippen molar-refractivity contribution in [3.63, 3.8) is 0 Å². The third kappa shape index (κ3) is 11.4. The monoisotopic (exact) mass is 631 g/mol. The Morgan fingerprint density at radius 3 is 1.67 bits per heavy atom. The lowest BCUT2D eigenvalue weighted by Crippen LogP contribution is -2.56. The number of nitrogens with two attached hydrogens (primary N) is 1. The summed E-state index contributed by atoms with van der Waals surface area (Å²) < 4.78 is 0. The first-order valence-electron chi connectivity index (χ1n) is 14.9. The van der Waals surface area contributed by atoms with Gasteiger partial charge in [0.2, 0.25) is 23.6 Å². The number of amides is 4. The smallest absolute Gasteiger partial charge is 0.326 e. The standard InChI is InChI=1S/C34H41N5O7/c1-21(2)30(34(45)46)39-33(44)28(19-24-13-15-25(40)16-14-24)37-29(41)20-36-32(43)27(18-23-11-7-4-8-12-23)38-31(42)26(35)17-22-9-5-3-6-10-22/h3-16,21,26-28,30,40H,17-20,35H2,1-2H3,(H,36,43)(H,37,41)(H,38,42)(H,39,44)(H,45,46)/t26-,27-,28-,30-/m0/s1. The maximum absolute atomic E-state index is 13.3. The highest BCUT2D eigenvalue weighted by Gasteiger charge is 2.29. The second-order valence-corrected chi connectivity index (χ2v) is 11.3. The third-order valence-electron chi connectivity index (χ3n) is 7.23. The van der Waals surface area contributed by atoms with Crippen molar-refractivity contribution < 1.29 is 34.2 Å². The lowest BCUT2D eigenvalue weighted by molar-refractivity contribution is -0.143. The summed E-state index contributed by atoms with van der Waals surface area (Å²) in [5.74, 6) is -4.24. The molecule has 0 bridgehead atoms. The Hall–Kier alpha value is -5.23. The Kier molecular flexibility index (Phi) is 13.3. The van der Waals surface area contributed by atoms with Gasteiger partial charge in [-0.05, 0) is 41.2 Å². The lowest BCUT2D eigenvalue weighted by Gasteiger charge is -2.24. The van der Waals surface area contributed by atoms with Crippen LogP contribution < -0.4 is 27.0 Å². The molecule has 0 heterocycles. The number of nitrogens with one attached hydrogen (secondary N) is 4. The molecule has 12 heteroatoms. The molecule has 0 saturated carbocycles. The molecule has 0 unspecified atom stereocenters. The molecule has 3 rings (SSSR count). The number of carbonyl (C=O) groups is 5. The minimum Gasteiger partial charge on any atom is -0.508 e. The van der Waals surface area contributed by atoms with E-state index in [4.69, 9.17) is 5.73 Å². The predicted molar refractivity (Wildman–Crippen MR) is 171 cm³/mol. The number of carboxylic acids is 1. The maximum atomic E-state index is 13.3. The van der Waals surface area contributed by atoms with E-state index in [9.17, 15) is 34.2 Å². The first-order valence-corrected chi connectivity index (χ1v) is 14.9. The van der Waals surface area contributed by atoms with Crippen molar-refractivity contribution in [3.8, 4) is 5.75 Å². The molecule has 0 aliphatic carbocycles. The molecular formula is C34H41N5O7. The molecule has 0 saturated heterocycles. The zero-order chi connectivity index (χ0) is 33.6. The SMILES string of the molecule is CC(C)[C@H](NC(=O)[C@H](Cc1ccc(O)cc1)NC(=O)CNC(=O)[C@H](Cc1ccccc1)NC(=O)[C@@H](N)Cc1ccccc1)C(=O)O. The van der Waals surface area contributed by atoms with Crippen LogP contribution in [0.3, 0.4) is 0 Å². The van der Waals surface area contributed by atoms with Crippen molar-refractivity contribution in [1.82, 2.24) is 21.3 Å². The minimum atomic E-state index is -1.22. The Morgan fingerprint density at radius 2 is 1.15 bits per heavy atom. The van der Waals surface area contributed by atoms with Gasteiger partial charge in [0.1, 0.15) is 23.9 Å². The molecule has 0 radical (unpaired) electrons. The van der Waals surface area contributed by atoms with Gasteiger partial charge in [-0.3, -0.25) is 19.2 Å². The summed E-state index contributed by atoms with van der Waals surface area (Å²) in [6.45, 7) is 2.75. The van der Waals surface area contributed by atoms with E-state index >= 15 is 0 Å². The van der Waals surface area contributed by atoms with Crippen molar-refractivity contribution in [2.45, 2.75) is 57.3 Å². The van der Waals surface area contributed by atoms with Crippen molar-refractivity contribution in [1.29, 1.82) is 0 Å². The van der Waals surface area contributed by atoms with E-state index in [0.717, 1.165) is 11.1 Å². The summed E-state index contributed by atoms with van der Waals surface area (Å²) in [5.41, 5.74) is 8.37. The molecular weight excluding hydrogens is 590 g/mol. The Balaban J connectivity index is 1.69. The number of hydrogen-bond donors (Lipinski definition) is 7. The van der Waals surface area contributed by atoms with E-state index in [1.165, 1.54) is 12.1 Å². The maximum Gasteiger partial charge on any atom is 0.326 e. The van der Waals surface area contributed by atoms with Crippen LogP contribution in [0, 0.1) is 5.92 Å². The number of aromatic hydroxyl groups is 1. The molecule has 0 fully saturated rings. The van der Waals surface area contributed by atoms with Crippen LogP contribution in [0.5, 0.6) is 5.75 Å². The summed E-state index contributed by atoms with van der Waals surface area (Å²) in [7, 11) is 0. The van der Waals surface area contributed by atoms with E-state index in [1.54, 1.807) is 50.2 Å². The molecule has 244 valence electrons. The zero-order valence-corrected chi connectivity index (χ0v) is 25.8. The van der Waals surface area contributed by atoms with Gasteiger partial charge in [0.25, 0.3) is 0 Å². The van der Waals surface area contributed by atoms with Gasteiger partial charge >= 0.3 is 5.97 Å². The van der Waals surface area contributed by atoms with Gasteiger partial charge < -0.3 is 37.2 Å². The van der Waals surface area contributed by atoms with Crippen LogP contribution in [-0.2, 0) is 43.2 Å². The van der Waals surface area contributed by atoms with Gasteiger partial charge in [-0.25, -0.2) is 4.79 Å². The Morgan fingerprint density at radius 1 is 0.652 bits per heavy atom. The highest BCUT2D eigenvalue weighted by molar-refractivity contribution is 5.94. The number of phenols is 1. The van der Waals surface area contributed by atoms with E-state index in [0.29, 0.717) is 5.56 Å². The summed E-state index contributed by atoms with van der Waals surface area (Å²) in [6.07, 6.45) is 0.386. The molecule has 4 amide bonds. The van der Waals surface area contributed by atoms with Gasteiger partial charge in [0.05, 0.1) is 12.6 Å². The summed E-state index contributed by atoms with van der Waals surface area (Å²) in [4.78, 5) is 64.1. The summed E-state index contributed by atoms with van der Waals surface area (Å²) in [6, 6.07) is 19.9. The second kappa shape index (κ2) is 17.3. The third-order valence-corrected chi connectivity index (χ3v) is 7.23.